The summed E-state index contributed by atoms with van der Waals surface area (Å²) in [6.07, 6.45) is 3.93. The van der Waals surface area contributed by atoms with Gasteiger partial charge in [-0.15, -0.1) is 0 Å². The third kappa shape index (κ3) is 6.05. The summed E-state index contributed by atoms with van der Waals surface area (Å²) in [5, 5.41) is 0. The summed E-state index contributed by atoms with van der Waals surface area (Å²) in [5.74, 6) is 5.71. The highest BCUT2D eigenvalue weighted by atomic mass is 16.5. The molecule has 0 aliphatic heterocycles. The van der Waals surface area contributed by atoms with Gasteiger partial charge < -0.3 is 4.74 Å². The van der Waals surface area contributed by atoms with Crippen LogP contribution in [-0.2, 0) is 22.6 Å². The number of carbonyl (C=O) groups is 1. The molecule has 28 heavy (non-hydrogen) atoms. The maximum atomic E-state index is 12.3. The fourth-order valence-electron chi connectivity index (χ4n) is 3.95. The molecule has 3 rings (SSSR count). The van der Waals surface area contributed by atoms with Gasteiger partial charge in [0.25, 0.3) is 0 Å². The van der Waals surface area contributed by atoms with Crippen molar-refractivity contribution in [3.05, 3.63) is 71.8 Å². The molecule has 146 valence electrons. The maximum absolute atomic E-state index is 12.3. The van der Waals surface area contributed by atoms with E-state index in [-0.39, 0.29) is 11.7 Å². The molecule has 0 radical (unpaired) electrons. The van der Waals surface area contributed by atoms with Gasteiger partial charge in [0.15, 0.2) is 0 Å². The van der Waals surface area contributed by atoms with Crippen LogP contribution in [0.15, 0.2) is 60.7 Å². The second-order valence-corrected chi connectivity index (χ2v) is 7.48. The summed E-state index contributed by atoms with van der Waals surface area (Å²) < 4.78 is 4.91. The Bertz CT molecular complexity index is 742. The molecule has 1 saturated carbocycles. The maximum Gasteiger partial charge on any atom is 0.208 e. The van der Waals surface area contributed by atoms with E-state index in [1.165, 1.54) is 11.1 Å². The Morgan fingerprint density at radius 2 is 1.46 bits per heavy atom. The lowest BCUT2D eigenvalue weighted by atomic mass is 9.82. The summed E-state index contributed by atoms with van der Waals surface area (Å²) in [4.78, 5) is 14.9. The van der Waals surface area contributed by atoms with Crippen molar-refractivity contribution in [2.45, 2.75) is 44.8 Å². The van der Waals surface area contributed by atoms with Crippen LogP contribution in [0.4, 0.5) is 0 Å². The van der Waals surface area contributed by atoms with Gasteiger partial charge in [0.2, 0.25) is 5.78 Å². The van der Waals surface area contributed by atoms with Crippen molar-refractivity contribution in [2.75, 3.05) is 13.7 Å². The molecular formula is C25H29NO2. The number of benzene rings is 2. The molecule has 2 aromatic rings. The molecule has 0 heterocycles. The van der Waals surface area contributed by atoms with E-state index < -0.39 is 0 Å². The van der Waals surface area contributed by atoms with E-state index in [1.54, 1.807) is 7.11 Å². The number of hydrogen-bond donors (Lipinski definition) is 0. The van der Waals surface area contributed by atoms with Crippen LogP contribution in [-0.4, -0.2) is 30.4 Å². The standard InChI is InChI=1S/C25H29NO2/c1-28-18-8-13-25(27)23-14-16-24(17-15-23)26(19-21-9-4-2-5-10-21)20-22-11-6-3-7-12-22/h2-7,9-12,23-24H,14-20H2,1H3. The number of ether oxygens (including phenoxy) is 1. The summed E-state index contributed by atoms with van der Waals surface area (Å²) in [7, 11) is 1.60. The van der Waals surface area contributed by atoms with Gasteiger partial charge in [-0.2, -0.15) is 0 Å². The Morgan fingerprint density at radius 3 is 1.96 bits per heavy atom. The monoisotopic (exact) mass is 375 g/mol. The first-order valence-electron chi connectivity index (χ1n) is 10.1. The number of methoxy groups -OCH3 is 1. The fraction of sp³-hybridized carbons (Fsp3) is 0.400. The van der Waals surface area contributed by atoms with Crippen LogP contribution in [0.3, 0.4) is 0 Å². The van der Waals surface area contributed by atoms with E-state index in [1.807, 2.05) is 0 Å². The van der Waals surface area contributed by atoms with Crippen molar-refractivity contribution >= 4 is 5.78 Å². The lowest BCUT2D eigenvalue weighted by molar-refractivity contribution is -0.118. The second kappa shape index (κ2) is 10.8. The average Bonchev–Trinajstić information content (AvgIpc) is 2.75. The lowest BCUT2D eigenvalue weighted by Gasteiger charge is -2.36. The number of ketones is 1. The van der Waals surface area contributed by atoms with Crippen LogP contribution in [0.1, 0.15) is 36.8 Å². The Balaban J connectivity index is 1.64. The quantitative estimate of drug-likeness (QED) is 0.528. The Hall–Kier alpha value is -2.41. The molecule has 0 aromatic heterocycles. The Kier molecular flexibility index (Phi) is 7.84. The van der Waals surface area contributed by atoms with Crippen LogP contribution in [0, 0.1) is 17.8 Å². The molecular weight excluding hydrogens is 346 g/mol. The molecule has 3 heteroatoms. The summed E-state index contributed by atoms with van der Waals surface area (Å²) in [6, 6.07) is 21.8. The Labute approximate surface area is 168 Å². The van der Waals surface area contributed by atoms with Gasteiger partial charge in [-0.3, -0.25) is 9.69 Å². The third-order valence-electron chi connectivity index (χ3n) is 5.47. The first-order valence-corrected chi connectivity index (χ1v) is 10.1. The second-order valence-electron chi connectivity index (χ2n) is 7.48. The number of carbonyl (C=O) groups excluding carboxylic acids is 1. The van der Waals surface area contributed by atoms with Crippen molar-refractivity contribution in [2.24, 2.45) is 5.92 Å². The summed E-state index contributed by atoms with van der Waals surface area (Å²) in [5.41, 5.74) is 2.67. The van der Waals surface area contributed by atoms with Gasteiger partial charge in [0.1, 0.15) is 6.61 Å². The molecule has 2 aromatic carbocycles. The predicted octanol–water partition coefficient (Wildman–Crippen LogP) is 4.47. The number of Topliss-reactive ketones (excluding diaryl/α,β-unsaturated/α-hetero) is 1. The molecule has 0 unspecified atom stereocenters. The van der Waals surface area contributed by atoms with E-state index in [4.69, 9.17) is 4.74 Å². The molecule has 0 saturated heterocycles. The summed E-state index contributed by atoms with van der Waals surface area (Å²) >= 11 is 0. The molecule has 0 bridgehead atoms. The molecule has 3 nitrogen and oxygen atoms in total. The van der Waals surface area contributed by atoms with Crippen molar-refractivity contribution in [1.29, 1.82) is 0 Å². The lowest BCUT2D eigenvalue weighted by Crippen LogP contribution is -2.38. The normalized spacial score (nSPS) is 19.1. The first-order chi connectivity index (χ1) is 13.8. The fourth-order valence-corrected chi connectivity index (χ4v) is 3.95. The summed E-state index contributed by atoms with van der Waals surface area (Å²) in [6.45, 7) is 2.20. The SMILES string of the molecule is COCC#CC(=O)C1CCC(N(Cc2ccccc2)Cc2ccccc2)CC1. The van der Waals surface area contributed by atoms with Gasteiger partial charge in [-0.25, -0.2) is 0 Å². The molecule has 1 aliphatic carbocycles. The minimum absolute atomic E-state index is 0.0770. The smallest absolute Gasteiger partial charge is 0.208 e. The number of hydrogen-bond acceptors (Lipinski definition) is 3. The number of nitrogens with zero attached hydrogens (tertiary/aromatic N) is 1. The highest BCUT2D eigenvalue weighted by molar-refractivity contribution is 5.97. The molecule has 0 atom stereocenters. The van der Waals surface area contributed by atoms with E-state index >= 15 is 0 Å². The van der Waals surface area contributed by atoms with E-state index in [2.05, 4.69) is 77.4 Å². The van der Waals surface area contributed by atoms with Crippen molar-refractivity contribution in [1.82, 2.24) is 4.90 Å². The minimum Gasteiger partial charge on any atom is -0.372 e. The topological polar surface area (TPSA) is 29.5 Å². The highest BCUT2D eigenvalue weighted by Gasteiger charge is 2.29. The van der Waals surface area contributed by atoms with Crippen LogP contribution < -0.4 is 0 Å². The van der Waals surface area contributed by atoms with Crippen molar-refractivity contribution < 1.29 is 9.53 Å². The third-order valence-corrected chi connectivity index (χ3v) is 5.47. The minimum atomic E-state index is 0.0770. The van der Waals surface area contributed by atoms with Gasteiger partial charge in [-0.1, -0.05) is 66.6 Å². The van der Waals surface area contributed by atoms with Crippen LogP contribution >= 0.6 is 0 Å². The molecule has 0 amide bonds. The largest absolute Gasteiger partial charge is 0.372 e. The molecule has 1 aliphatic rings. The number of rotatable bonds is 7. The van der Waals surface area contributed by atoms with Crippen LogP contribution in [0.5, 0.6) is 0 Å². The average molecular weight is 376 g/mol. The zero-order chi connectivity index (χ0) is 19.6. The van der Waals surface area contributed by atoms with Crippen LogP contribution in [0.2, 0.25) is 0 Å². The van der Waals surface area contributed by atoms with Gasteiger partial charge in [0.05, 0.1) is 0 Å². The first kappa shape index (κ1) is 20.3. The Morgan fingerprint density at radius 1 is 0.929 bits per heavy atom. The van der Waals surface area contributed by atoms with Gasteiger partial charge in [0, 0.05) is 32.2 Å². The van der Waals surface area contributed by atoms with Crippen LogP contribution in [0.25, 0.3) is 0 Å². The zero-order valence-corrected chi connectivity index (χ0v) is 16.6. The molecule has 1 fully saturated rings. The van der Waals surface area contributed by atoms with E-state index in [0.717, 1.165) is 38.8 Å². The van der Waals surface area contributed by atoms with E-state index in [9.17, 15) is 4.79 Å². The van der Waals surface area contributed by atoms with Gasteiger partial charge >= 0.3 is 0 Å². The molecule has 0 N–H and O–H groups in total. The zero-order valence-electron chi connectivity index (χ0n) is 16.6. The van der Waals surface area contributed by atoms with Crippen molar-refractivity contribution in [3.8, 4) is 11.8 Å². The van der Waals surface area contributed by atoms with Gasteiger partial charge in [-0.05, 0) is 42.7 Å². The highest BCUT2D eigenvalue weighted by Crippen LogP contribution is 2.30. The van der Waals surface area contributed by atoms with E-state index in [0.29, 0.717) is 12.6 Å². The van der Waals surface area contributed by atoms with Crippen molar-refractivity contribution in [3.63, 3.8) is 0 Å². The predicted molar refractivity (Wildman–Crippen MR) is 113 cm³/mol. The molecule has 0 spiro atoms.